The molecule has 3 aliphatic rings. The summed E-state index contributed by atoms with van der Waals surface area (Å²) in [5, 5.41) is 1.78. The van der Waals surface area contributed by atoms with Gasteiger partial charge in [0.05, 0.1) is 0 Å². The van der Waals surface area contributed by atoms with Crippen molar-refractivity contribution in [3.63, 3.8) is 0 Å². The van der Waals surface area contributed by atoms with Gasteiger partial charge in [0.2, 0.25) is 0 Å². The Balaban J connectivity index is 0.000000807. The van der Waals surface area contributed by atoms with Gasteiger partial charge < -0.3 is 9.41 Å². The van der Waals surface area contributed by atoms with Crippen LogP contribution >= 0.6 is 7.92 Å². The topological polar surface area (TPSA) is 0 Å². The van der Waals surface area contributed by atoms with E-state index in [0.29, 0.717) is 3.46 Å². The van der Waals surface area contributed by atoms with Crippen LogP contribution < -0.4 is 9.41 Å². The van der Waals surface area contributed by atoms with Gasteiger partial charge >= 0.3 is 125 Å². The van der Waals surface area contributed by atoms with Crippen LogP contribution in [0.5, 0.6) is 0 Å². The monoisotopic (exact) mass is 338 g/mol. The van der Waals surface area contributed by atoms with E-state index in [1.165, 1.54) is 24.6 Å². The van der Waals surface area contributed by atoms with Crippen molar-refractivity contribution in [2.45, 2.75) is 23.2 Å². The van der Waals surface area contributed by atoms with Crippen LogP contribution in [0.3, 0.4) is 0 Å². The summed E-state index contributed by atoms with van der Waals surface area (Å²) >= 11 is -0.0307. The Bertz CT molecular complexity index is 635. The van der Waals surface area contributed by atoms with E-state index in [4.69, 9.17) is 0 Å². The van der Waals surface area contributed by atoms with Gasteiger partial charge in [-0.05, 0) is 0 Å². The summed E-state index contributed by atoms with van der Waals surface area (Å²) in [5.41, 5.74) is 3.14. The summed E-state index contributed by atoms with van der Waals surface area (Å²) in [7, 11) is 0.00399. The second-order valence-electron chi connectivity index (χ2n) is 5.43. The third kappa shape index (κ3) is 2.33. The summed E-state index contributed by atoms with van der Waals surface area (Å²) in [5.74, 6) is 0. The molecule has 108 valence electrons. The van der Waals surface area contributed by atoms with Crippen LogP contribution in [0.2, 0.25) is 0 Å². The molecule has 1 aliphatic heterocycles. The van der Waals surface area contributed by atoms with E-state index in [0.717, 1.165) is 0 Å². The molecule has 0 radical (unpaired) electrons. The molecule has 1 aromatic carbocycles. The first-order chi connectivity index (χ1) is 9.35. The summed E-state index contributed by atoms with van der Waals surface area (Å²) in [6, 6.07) is 9.11. The molecule has 0 bridgehead atoms. The van der Waals surface area contributed by atoms with E-state index in [-0.39, 0.29) is 36.5 Å². The molecule has 1 aromatic rings. The van der Waals surface area contributed by atoms with Crippen molar-refractivity contribution in [1.29, 1.82) is 0 Å². The van der Waals surface area contributed by atoms with Gasteiger partial charge in [0.25, 0.3) is 0 Å². The Labute approximate surface area is 134 Å². The molecule has 0 saturated heterocycles. The molecular weight excluding hydrogens is 321 g/mol. The van der Waals surface area contributed by atoms with Crippen LogP contribution in [-0.4, -0.2) is 6.16 Å². The van der Waals surface area contributed by atoms with Crippen molar-refractivity contribution in [2.24, 2.45) is 0 Å². The molecule has 2 unspecified atom stereocenters. The maximum atomic E-state index is 2.59. The van der Waals surface area contributed by atoms with Gasteiger partial charge in [0, 0.05) is 0 Å². The van der Waals surface area contributed by atoms with Crippen LogP contribution in [0.4, 0.5) is 0 Å². The Morgan fingerprint density at radius 1 is 1.19 bits per heavy atom. The van der Waals surface area contributed by atoms with Crippen molar-refractivity contribution < 1.29 is 28.6 Å². The smallest absolute Gasteiger partial charge is 1.00 e. The van der Waals surface area contributed by atoms with Crippen molar-refractivity contribution in [3.8, 4) is 0 Å². The fourth-order valence-corrected chi connectivity index (χ4v) is 11.9. The molecule has 0 nitrogen and oxygen atoms in total. The Morgan fingerprint density at radius 2 is 2.00 bits per heavy atom. The van der Waals surface area contributed by atoms with Crippen molar-refractivity contribution in [2.75, 3.05) is 6.16 Å². The van der Waals surface area contributed by atoms with Crippen LogP contribution in [0.15, 0.2) is 51.7 Å². The average molecular weight is 338 g/mol. The summed E-state index contributed by atoms with van der Waals surface area (Å²) in [4.78, 5) is 0. The first kappa shape index (κ1) is 16.8. The molecule has 0 amide bonds. The molecule has 1 heterocycles. The summed E-state index contributed by atoms with van der Waals surface area (Å²) in [6.07, 6.45) is 13.8. The minimum atomic E-state index is -0.0307. The second-order valence-corrected chi connectivity index (χ2v) is 11.1. The number of benzene rings is 1. The molecule has 4 rings (SSSR count). The molecule has 0 aromatic heterocycles. The van der Waals surface area contributed by atoms with E-state index in [1.54, 1.807) is 10.9 Å². The quantitative estimate of drug-likeness (QED) is 0.481. The Kier molecular flexibility index (Phi) is 5.03. The van der Waals surface area contributed by atoms with Gasteiger partial charge in [-0.1, -0.05) is 0 Å². The number of rotatable bonds is 2. The number of halogens is 2. The van der Waals surface area contributed by atoms with Gasteiger partial charge in [-0.25, -0.2) is 0 Å². The maximum Gasteiger partial charge on any atom is -1.00 e. The number of fused-ring (bicyclic) bond motifs is 2. The van der Waals surface area contributed by atoms with E-state index in [9.17, 15) is 0 Å². The largest absolute Gasteiger partial charge is 1.00 e. The SMILES string of the molecule is CCCP1C2=[C](CC=C2)[Ti+2][C]12C=Cc1ccccc12.[F-].[F-]. The zero-order valence-electron chi connectivity index (χ0n) is 11.9. The first-order valence-electron chi connectivity index (χ1n) is 7.09. The molecule has 4 heteroatoms. The molecule has 21 heavy (non-hydrogen) atoms. The fourth-order valence-electron chi connectivity index (χ4n) is 3.50. The molecular formula is C17H17F2PTi. The fraction of sp³-hybridized carbons (Fsp3) is 0.294. The summed E-state index contributed by atoms with van der Waals surface area (Å²) in [6.45, 7) is 2.35. The van der Waals surface area contributed by atoms with Gasteiger partial charge in [-0.3, -0.25) is 0 Å². The van der Waals surface area contributed by atoms with E-state index >= 15 is 0 Å². The molecule has 1 spiro atoms. The van der Waals surface area contributed by atoms with Crippen molar-refractivity contribution in [1.82, 2.24) is 0 Å². The number of allylic oxidation sites excluding steroid dienone is 5. The number of hydrogen-bond acceptors (Lipinski definition) is 0. The van der Waals surface area contributed by atoms with Crippen LogP contribution in [-0.2, 0) is 22.6 Å². The zero-order valence-corrected chi connectivity index (χ0v) is 14.4. The van der Waals surface area contributed by atoms with Crippen LogP contribution in [0, 0.1) is 0 Å². The normalized spacial score (nSPS) is 26.8. The maximum absolute atomic E-state index is 2.59. The third-order valence-corrected chi connectivity index (χ3v) is 12.0. The van der Waals surface area contributed by atoms with E-state index in [2.05, 4.69) is 55.5 Å². The average Bonchev–Trinajstić information content (AvgIpc) is 3.09. The number of hydrogen-bond donors (Lipinski definition) is 0. The first-order valence-corrected chi connectivity index (χ1v) is 10.2. The minimum absolute atomic E-state index is 0. The predicted molar refractivity (Wildman–Crippen MR) is 80.0 cm³/mol. The molecule has 0 saturated carbocycles. The van der Waals surface area contributed by atoms with Crippen molar-refractivity contribution >= 4 is 14.0 Å². The third-order valence-electron chi connectivity index (χ3n) is 4.29. The Hall–Kier alpha value is -0.556. The van der Waals surface area contributed by atoms with Crippen molar-refractivity contribution in [3.05, 3.63) is 62.8 Å². The van der Waals surface area contributed by atoms with Gasteiger partial charge in [-0.2, -0.15) is 0 Å². The predicted octanol–water partition coefficient (Wildman–Crippen LogP) is -0.966. The zero-order chi connectivity index (χ0) is 12.9. The molecule has 0 N–H and O–H groups in total. The molecule has 2 atom stereocenters. The van der Waals surface area contributed by atoms with E-state index < -0.39 is 0 Å². The molecule has 2 aliphatic carbocycles. The van der Waals surface area contributed by atoms with Gasteiger partial charge in [0.15, 0.2) is 0 Å². The van der Waals surface area contributed by atoms with Gasteiger partial charge in [-0.15, -0.1) is 0 Å². The Morgan fingerprint density at radius 3 is 2.81 bits per heavy atom. The standard InChI is InChI=1S/C17H17P.2FH.Ti/c1-2-13-18(15-8-4-5-9-15)17-12-11-14-7-3-6-10-16(14)17;;;/h3-4,6-8,10-12H,2,5,13H2,1H3;2*1H;/q;;;+2/p-2. The molecule has 0 fully saturated rings. The van der Waals surface area contributed by atoms with Crippen LogP contribution in [0.1, 0.15) is 30.9 Å². The van der Waals surface area contributed by atoms with Gasteiger partial charge in [0.1, 0.15) is 0 Å². The summed E-state index contributed by atoms with van der Waals surface area (Å²) < 4.78 is 2.32. The van der Waals surface area contributed by atoms with E-state index in [1.807, 2.05) is 3.88 Å². The second kappa shape index (κ2) is 6.28. The van der Waals surface area contributed by atoms with Crippen LogP contribution in [0.25, 0.3) is 6.08 Å². The minimum Gasteiger partial charge on any atom is -1.00 e.